The van der Waals surface area contributed by atoms with E-state index < -0.39 is 0 Å². The summed E-state index contributed by atoms with van der Waals surface area (Å²) >= 11 is 0. The lowest BCUT2D eigenvalue weighted by Gasteiger charge is -2.13. The third kappa shape index (κ3) is 2.26. The first-order chi connectivity index (χ1) is 8.09. The van der Waals surface area contributed by atoms with Crippen molar-refractivity contribution in [2.75, 3.05) is 0 Å². The fourth-order valence-electron chi connectivity index (χ4n) is 1.99. The molecule has 17 heavy (non-hydrogen) atoms. The van der Waals surface area contributed by atoms with Gasteiger partial charge in [-0.05, 0) is 29.2 Å². The average molecular weight is 228 g/mol. The lowest BCUT2D eigenvalue weighted by Crippen LogP contribution is -1.92. The first-order valence-electron chi connectivity index (χ1n) is 5.71. The molecule has 2 heteroatoms. The fraction of sp³-hybridized carbons (Fsp3) is 0.200. The molecule has 0 radical (unpaired) electrons. The number of rotatable bonds is 2. The van der Waals surface area contributed by atoms with E-state index in [9.17, 15) is 10.2 Å². The zero-order chi connectivity index (χ0) is 12.4. The first-order valence-corrected chi connectivity index (χ1v) is 5.71. The van der Waals surface area contributed by atoms with Gasteiger partial charge in [0.2, 0.25) is 0 Å². The van der Waals surface area contributed by atoms with E-state index in [-0.39, 0.29) is 11.5 Å². The zero-order valence-corrected chi connectivity index (χ0v) is 10.0. The van der Waals surface area contributed by atoms with Gasteiger partial charge in [0.1, 0.15) is 11.5 Å². The SMILES string of the molecule is CC(C)c1ccccc1-c1ccc(O)cc1O. The van der Waals surface area contributed by atoms with Crippen molar-refractivity contribution < 1.29 is 10.2 Å². The Kier molecular flexibility index (Phi) is 3.05. The molecule has 0 saturated heterocycles. The molecule has 0 heterocycles. The van der Waals surface area contributed by atoms with Crippen LogP contribution in [-0.2, 0) is 0 Å². The molecule has 2 nitrogen and oxygen atoms in total. The molecule has 2 aromatic carbocycles. The topological polar surface area (TPSA) is 40.5 Å². The largest absolute Gasteiger partial charge is 0.508 e. The Morgan fingerprint density at radius 3 is 2.24 bits per heavy atom. The van der Waals surface area contributed by atoms with Gasteiger partial charge >= 0.3 is 0 Å². The second-order valence-corrected chi connectivity index (χ2v) is 4.44. The van der Waals surface area contributed by atoms with Crippen molar-refractivity contribution in [3.63, 3.8) is 0 Å². The van der Waals surface area contributed by atoms with Gasteiger partial charge in [-0.2, -0.15) is 0 Å². The normalized spacial score (nSPS) is 10.8. The van der Waals surface area contributed by atoms with Gasteiger partial charge in [-0.1, -0.05) is 38.1 Å². The van der Waals surface area contributed by atoms with E-state index in [1.807, 2.05) is 18.2 Å². The Bertz CT molecular complexity index is 530. The van der Waals surface area contributed by atoms with E-state index >= 15 is 0 Å². The van der Waals surface area contributed by atoms with Crippen molar-refractivity contribution in [3.8, 4) is 22.6 Å². The van der Waals surface area contributed by atoms with Crippen LogP contribution in [0.3, 0.4) is 0 Å². The van der Waals surface area contributed by atoms with Gasteiger partial charge in [0.25, 0.3) is 0 Å². The summed E-state index contributed by atoms with van der Waals surface area (Å²) in [4.78, 5) is 0. The maximum atomic E-state index is 9.89. The van der Waals surface area contributed by atoms with Crippen LogP contribution in [0.1, 0.15) is 25.3 Å². The maximum Gasteiger partial charge on any atom is 0.127 e. The van der Waals surface area contributed by atoms with E-state index in [4.69, 9.17) is 0 Å². The summed E-state index contributed by atoms with van der Waals surface area (Å²) in [5.74, 6) is 0.575. The Balaban J connectivity index is 2.60. The highest BCUT2D eigenvalue weighted by Gasteiger charge is 2.11. The zero-order valence-electron chi connectivity index (χ0n) is 10.0. The Hall–Kier alpha value is -1.96. The van der Waals surface area contributed by atoms with E-state index in [1.54, 1.807) is 12.1 Å². The summed E-state index contributed by atoms with van der Waals surface area (Å²) in [7, 11) is 0. The van der Waals surface area contributed by atoms with Crippen molar-refractivity contribution in [2.24, 2.45) is 0 Å². The van der Waals surface area contributed by atoms with Gasteiger partial charge in [0.15, 0.2) is 0 Å². The van der Waals surface area contributed by atoms with Crippen LogP contribution < -0.4 is 0 Å². The minimum absolute atomic E-state index is 0.0771. The van der Waals surface area contributed by atoms with Crippen molar-refractivity contribution in [1.82, 2.24) is 0 Å². The molecule has 2 N–H and O–H groups in total. The molecular weight excluding hydrogens is 212 g/mol. The summed E-state index contributed by atoms with van der Waals surface area (Å²) in [5, 5.41) is 19.2. The molecule has 0 aliphatic carbocycles. The molecule has 0 unspecified atom stereocenters. The van der Waals surface area contributed by atoms with E-state index in [0.29, 0.717) is 5.92 Å². The van der Waals surface area contributed by atoms with Gasteiger partial charge in [-0.3, -0.25) is 0 Å². The second kappa shape index (κ2) is 4.50. The quantitative estimate of drug-likeness (QED) is 0.818. The molecule has 0 amide bonds. The van der Waals surface area contributed by atoms with E-state index in [1.165, 1.54) is 11.6 Å². The van der Waals surface area contributed by atoms with Crippen LogP contribution in [0.2, 0.25) is 0 Å². The highest BCUT2D eigenvalue weighted by atomic mass is 16.3. The Labute approximate surface area is 101 Å². The minimum atomic E-state index is 0.0771. The average Bonchev–Trinajstić information content (AvgIpc) is 2.29. The molecule has 2 aromatic rings. The number of phenols is 2. The lowest BCUT2D eigenvalue weighted by molar-refractivity contribution is 0.452. The van der Waals surface area contributed by atoms with Crippen molar-refractivity contribution in [2.45, 2.75) is 19.8 Å². The van der Waals surface area contributed by atoms with Crippen molar-refractivity contribution >= 4 is 0 Å². The molecule has 0 aliphatic heterocycles. The predicted molar refractivity (Wildman–Crippen MR) is 69.3 cm³/mol. The Morgan fingerprint density at radius 1 is 0.882 bits per heavy atom. The van der Waals surface area contributed by atoms with Crippen LogP contribution in [0, 0.1) is 0 Å². The van der Waals surface area contributed by atoms with Gasteiger partial charge in [0.05, 0.1) is 0 Å². The number of aromatic hydroxyl groups is 2. The highest BCUT2D eigenvalue weighted by Crippen LogP contribution is 2.36. The molecule has 0 aromatic heterocycles. The predicted octanol–water partition coefficient (Wildman–Crippen LogP) is 3.89. The molecule has 0 aliphatic rings. The van der Waals surface area contributed by atoms with Crippen molar-refractivity contribution in [1.29, 1.82) is 0 Å². The number of hydrogen-bond acceptors (Lipinski definition) is 2. The number of benzene rings is 2. The smallest absolute Gasteiger partial charge is 0.127 e. The van der Waals surface area contributed by atoms with Gasteiger partial charge < -0.3 is 10.2 Å². The van der Waals surface area contributed by atoms with Crippen LogP contribution in [0.4, 0.5) is 0 Å². The molecule has 2 rings (SSSR count). The molecule has 0 fully saturated rings. The van der Waals surface area contributed by atoms with E-state index in [2.05, 4.69) is 19.9 Å². The molecule has 0 bridgehead atoms. The van der Waals surface area contributed by atoms with Crippen LogP contribution in [0.25, 0.3) is 11.1 Å². The summed E-state index contributed by atoms with van der Waals surface area (Å²) in [5.41, 5.74) is 2.96. The summed E-state index contributed by atoms with van der Waals surface area (Å²) in [6.45, 7) is 4.24. The Morgan fingerprint density at radius 2 is 1.59 bits per heavy atom. The molecule has 0 atom stereocenters. The summed E-state index contributed by atoms with van der Waals surface area (Å²) < 4.78 is 0. The second-order valence-electron chi connectivity index (χ2n) is 4.44. The highest BCUT2D eigenvalue weighted by molar-refractivity contribution is 5.74. The standard InChI is InChI=1S/C15H16O2/c1-10(2)12-5-3-4-6-13(12)14-8-7-11(16)9-15(14)17/h3-10,16-17H,1-2H3. The maximum absolute atomic E-state index is 9.89. The third-order valence-corrected chi connectivity index (χ3v) is 2.85. The monoisotopic (exact) mass is 228 g/mol. The molecule has 0 saturated carbocycles. The molecule has 0 spiro atoms. The number of hydrogen-bond donors (Lipinski definition) is 2. The number of phenolic OH excluding ortho intramolecular Hbond substituents is 2. The van der Waals surface area contributed by atoms with Gasteiger partial charge in [-0.15, -0.1) is 0 Å². The first kappa shape index (κ1) is 11.5. The summed E-state index contributed by atoms with van der Waals surface area (Å²) in [6, 6.07) is 12.7. The summed E-state index contributed by atoms with van der Waals surface area (Å²) in [6.07, 6.45) is 0. The molecule has 88 valence electrons. The van der Waals surface area contributed by atoms with Crippen LogP contribution in [0.15, 0.2) is 42.5 Å². The van der Waals surface area contributed by atoms with Gasteiger partial charge in [-0.25, -0.2) is 0 Å². The molecular formula is C15H16O2. The third-order valence-electron chi connectivity index (χ3n) is 2.85. The van der Waals surface area contributed by atoms with Crippen LogP contribution >= 0.6 is 0 Å². The van der Waals surface area contributed by atoms with Gasteiger partial charge in [0, 0.05) is 11.6 Å². The fourth-order valence-corrected chi connectivity index (χ4v) is 1.99. The van der Waals surface area contributed by atoms with Crippen LogP contribution in [-0.4, -0.2) is 10.2 Å². The van der Waals surface area contributed by atoms with Crippen molar-refractivity contribution in [3.05, 3.63) is 48.0 Å². The lowest BCUT2D eigenvalue weighted by atomic mass is 9.92. The van der Waals surface area contributed by atoms with E-state index in [0.717, 1.165) is 11.1 Å². The minimum Gasteiger partial charge on any atom is -0.508 e. The van der Waals surface area contributed by atoms with Crippen LogP contribution in [0.5, 0.6) is 11.5 Å².